The van der Waals surface area contributed by atoms with E-state index in [0.29, 0.717) is 11.5 Å². The fourth-order valence-corrected chi connectivity index (χ4v) is 6.55. The van der Waals surface area contributed by atoms with Gasteiger partial charge < -0.3 is 4.57 Å². The molecular formula is C17H24BrN3. The van der Waals surface area contributed by atoms with E-state index < -0.39 is 0 Å². The number of nitrogens with zero attached hydrogens (tertiary/aromatic N) is 3. The standard InChI is InChI=1S/C17H24BrN3/c18-10-16-20-19-15(21(16)14-1-2-14)9-17-6-11-3-12(7-17)5-13(4-11)8-17/h11-14H,1-10H2. The van der Waals surface area contributed by atoms with E-state index in [1.54, 1.807) is 0 Å². The van der Waals surface area contributed by atoms with Crippen LogP contribution in [-0.2, 0) is 11.8 Å². The van der Waals surface area contributed by atoms with Crippen molar-refractivity contribution in [3.8, 4) is 0 Å². The first-order chi connectivity index (χ1) is 10.2. The van der Waals surface area contributed by atoms with Crippen LogP contribution in [0.2, 0.25) is 0 Å². The maximum atomic E-state index is 4.61. The highest BCUT2D eigenvalue weighted by Gasteiger charge is 2.51. The molecule has 4 heteroatoms. The minimum atomic E-state index is 0.581. The molecule has 114 valence electrons. The predicted molar refractivity (Wildman–Crippen MR) is 85.2 cm³/mol. The van der Waals surface area contributed by atoms with Crippen molar-refractivity contribution in [2.45, 2.75) is 69.2 Å². The second-order valence-electron chi connectivity index (χ2n) is 8.36. The van der Waals surface area contributed by atoms with E-state index in [-0.39, 0.29) is 0 Å². The third-order valence-corrected chi connectivity index (χ3v) is 7.07. The lowest BCUT2D eigenvalue weighted by Gasteiger charge is -2.56. The molecule has 1 aromatic rings. The second kappa shape index (κ2) is 4.56. The topological polar surface area (TPSA) is 30.7 Å². The van der Waals surface area contributed by atoms with E-state index >= 15 is 0 Å². The van der Waals surface area contributed by atoms with E-state index in [2.05, 4.69) is 30.7 Å². The number of hydrogen-bond donors (Lipinski definition) is 0. The van der Waals surface area contributed by atoms with E-state index in [0.717, 1.165) is 28.9 Å². The highest BCUT2D eigenvalue weighted by molar-refractivity contribution is 9.08. The van der Waals surface area contributed by atoms with Crippen molar-refractivity contribution in [3.05, 3.63) is 11.6 Å². The number of alkyl halides is 1. The summed E-state index contributed by atoms with van der Waals surface area (Å²) in [7, 11) is 0. The molecule has 0 atom stereocenters. The molecule has 0 spiro atoms. The van der Waals surface area contributed by atoms with Gasteiger partial charge in [0.1, 0.15) is 11.6 Å². The molecule has 3 nitrogen and oxygen atoms in total. The number of halogens is 1. The van der Waals surface area contributed by atoms with Crippen molar-refractivity contribution in [1.82, 2.24) is 14.8 Å². The predicted octanol–water partition coefficient (Wildman–Crippen LogP) is 4.27. The zero-order valence-corrected chi connectivity index (χ0v) is 14.2. The molecule has 0 radical (unpaired) electrons. The largest absolute Gasteiger partial charge is 0.311 e. The van der Waals surface area contributed by atoms with Crippen LogP contribution in [0.5, 0.6) is 0 Å². The van der Waals surface area contributed by atoms with Crippen LogP contribution in [0.1, 0.15) is 69.1 Å². The summed E-state index contributed by atoms with van der Waals surface area (Å²) in [6, 6.07) is 0.705. The van der Waals surface area contributed by atoms with Gasteiger partial charge in [-0.3, -0.25) is 0 Å². The summed E-state index contributed by atoms with van der Waals surface area (Å²) in [5.41, 5.74) is 0.581. The molecule has 0 unspecified atom stereocenters. The molecule has 0 N–H and O–H groups in total. The number of hydrogen-bond acceptors (Lipinski definition) is 2. The van der Waals surface area contributed by atoms with Crippen molar-refractivity contribution in [3.63, 3.8) is 0 Å². The maximum absolute atomic E-state index is 4.61. The summed E-state index contributed by atoms with van der Waals surface area (Å²) in [5.74, 6) is 5.55. The average molecular weight is 350 g/mol. The number of rotatable bonds is 4. The Kier molecular flexibility index (Phi) is 2.84. The molecule has 0 aliphatic heterocycles. The summed E-state index contributed by atoms with van der Waals surface area (Å²) in [5, 5.41) is 9.91. The average Bonchev–Trinajstić information content (AvgIpc) is 3.19. The Hall–Kier alpha value is -0.380. The van der Waals surface area contributed by atoms with Crippen molar-refractivity contribution in [2.75, 3.05) is 0 Å². The van der Waals surface area contributed by atoms with Crippen molar-refractivity contribution < 1.29 is 0 Å². The lowest BCUT2D eigenvalue weighted by Crippen LogP contribution is -2.47. The van der Waals surface area contributed by atoms with Gasteiger partial charge in [0.15, 0.2) is 0 Å². The van der Waals surface area contributed by atoms with Crippen LogP contribution in [0.4, 0.5) is 0 Å². The molecule has 5 aliphatic carbocycles. The molecule has 0 aromatic carbocycles. The van der Waals surface area contributed by atoms with Gasteiger partial charge in [-0.1, -0.05) is 15.9 Å². The molecular weight excluding hydrogens is 326 g/mol. The summed E-state index contributed by atoms with van der Waals surface area (Å²) >= 11 is 3.59. The van der Waals surface area contributed by atoms with E-state index in [9.17, 15) is 0 Å². The van der Waals surface area contributed by atoms with E-state index in [1.807, 2.05) is 0 Å². The molecule has 4 bridgehead atoms. The van der Waals surface area contributed by atoms with Gasteiger partial charge >= 0.3 is 0 Å². The quantitative estimate of drug-likeness (QED) is 0.760. The van der Waals surface area contributed by atoms with Crippen LogP contribution < -0.4 is 0 Å². The SMILES string of the molecule is BrCc1nnc(CC23CC4CC(CC(C4)C2)C3)n1C1CC1. The van der Waals surface area contributed by atoms with Gasteiger partial charge in [0, 0.05) is 12.5 Å². The van der Waals surface area contributed by atoms with Crippen LogP contribution in [0.25, 0.3) is 0 Å². The zero-order chi connectivity index (χ0) is 14.0. The maximum Gasteiger partial charge on any atom is 0.143 e. The Bertz CT molecular complexity index is 525. The van der Waals surface area contributed by atoms with Gasteiger partial charge in [0.05, 0.1) is 5.33 Å². The first-order valence-electron chi connectivity index (χ1n) is 8.73. The van der Waals surface area contributed by atoms with Crippen molar-refractivity contribution in [1.29, 1.82) is 0 Å². The van der Waals surface area contributed by atoms with Gasteiger partial charge in [-0.05, 0) is 74.5 Å². The Morgan fingerprint density at radius 3 is 2.05 bits per heavy atom. The summed E-state index contributed by atoms with van der Waals surface area (Å²) in [4.78, 5) is 0. The molecule has 6 rings (SSSR count). The summed E-state index contributed by atoms with van der Waals surface area (Å²) in [6.07, 6.45) is 12.9. The van der Waals surface area contributed by atoms with Gasteiger partial charge in [0.2, 0.25) is 0 Å². The van der Waals surface area contributed by atoms with E-state index in [4.69, 9.17) is 0 Å². The minimum absolute atomic E-state index is 0.581. The fourth-order valence-electron chi connectivity index (χ4n) is 6.17. The Balaban J connectivity index is 1.46. The van der Waals surface area contributed by atoms with Crippen LogP contribution in [-0.4, -0.2) is 14.8 Å². The number of aromatic nitrogens is 3. The Morgan fingerprint density at radius 1 is 0.952 bits per heavy atom. The second-order valence-corrected chi connectivity index (χ2v) is 8.92. The smallest absolute Gasteiger partial charge is 0.143 e. The van der Waals surface area contributed by atoms with Crippen molar-refractivity contribution in [2.24, 2.45) is 23.2 Å². The summed E-state index contributed by atoms with van der Waals surface area (Å²) < 4.78 is 2.48. The molecule has 5 saturated carbocycles. The van der Waals surface area contributed by atoms with Crippen molar-refractivity contribution >= 4 is 15.9 Å². The normalized spacial score (nSPS) is 40.9. The summed E-state index contributed by atoms with van der Waals surface area (Å²) in [6.45, 7) is 0. The Labute approximate surface area is 135 Å². The molecule has 21 heavy (non-hydrogen) atoms. The highest BCUT2D eigenvalue weighted by Crippen LogP contribution is 2.61. The first-order valence-corrected chi connectivity index (χ1v) is 9.85. The molecule has 0 saturated heterocycles. The van der Waals surface area contributed by atoms with Gasteiger partial charge in [-0.2, -0.15) is 0 Å². The third-order valence-electron chi connectivity index (χ3n) is 6.57. The lowest BCUT2D eigenvalue weighted by atomic mass is 9.49. The zero-order valence-electron chi connectivity index (χ0n) is 12.6. The molecule has 5 aliphatic rings. The monoisotopic (exact) mass is 349 g/mol. The lowest BCUT2D eigenvalue weighted by molar-refractivity contribution is -0.0536. The van der Waals surface area contributed by atoms with Crippen LogP contribution in [0, 0.1) is 23.2 Å². The fraction of sp³-hybridized carbons (Fsp3) is 0.882. The van der Waals surface area contributed by atoms with Crippen LogP contribution in [0.15, 0.2) is 0 Å². The molecule has 0 amide bonds. The first kappa shape index (κ1) is 13.1. The molecule has 1 aromatic heterocycles. The molecule has 5 fully saturated rings. The third kappa shape index (κ3) is 2.12. The minimum Gasteiger partial charge on any atom is -0.311 e. The van der Waals surface area contributed by atoms with Gasteiger partial charge in [-0.25, -0.2) is 0 Å². The van der Waals surface area contributed by atoms with Gasteiger partial charge in [-0.15, -0.1) is 10.2 Å². The van der Waals surface area contributed by atoms with E-state index in [1.165, 1.54) is 63.6 Å². The van der Waals surface area contributed by atoms with Crippen LogP contribution >= 0.6 is 15.9 Å². The van der Waals surface area contributed by atoms with Gasteiger partial charge in [0.25, 0.3) is 0 Å². The Morgan fingerprint density at radius 2 is 1.52 bits per heavy atom. The van der Waals surface area contributed by atoms with Crippen LogP contribution in [0.3, 0.4) is 0 Å². The molecule has 1 heterocycles. The highest BCUT2D eigenvalue weighted by atomic mass is 79.9.